The quantitative estimate of drug-likeness (QED) is 0.869. The van der Waals surface area contributed by atoms with E-state index in [4.69, 9.17) is 5.73 Å². The molecule has 3 heteroatoms. The van der Waals surface area contributed by atoms with E-state index in [1.165, 1.54) is 30.5 Å². The number of piperidine rings is 1. The lowest BCUT2D eigenvalue weighted by Crippen LogP contribution is -2.41. The Morgan fingerprint density at radius 1 is 1.53 bits per heavy atom. The summed E-state index contributed by atoms with van der Waals surface area (Å²) in [4.78, 5) is 6.84. The van der Waals surface area contributed by atoms with Gasteiger partial charge in [-0.15, -0.1) is 0 Å². The highest BCUT2D eigenvalue weighted by atomic mass is 15.2. The van der Waals surface area contributed by atoms with Gasteiger partial charge in [0.05, 0.1) is 0 Å². The summed E-state index contributed by atoms with van der Waals surface area (Å²) in [6.45, 7) is 7.46. The van der Waals surface area contributed by atoms with Crippen molar-refractivity contribution in [1.29, 1.82) is 0 Å². The minimum Gasteiger partial charge on any atom is -0.330 e. The molecule has 0 bridgehead atoms. The van der Waals surface area contributed by atoms with Crippen molar-refractivity contribution in [3.05, 3.63) is 29.6 Å². The Morgan fingerprint density at radius 3 is 3.00 bits per heavy atom. The molecule has 17 heavy (non-hydrogen) atoms. The van der Waals surface area contributed by atoms with E-state index in [0.29, 0.717) is 12.0 Å². The monoisotopic (exact) mass is 233 g/mol. The molecule has 1 aromatic heterocycles. The van der Waals surface area contributed by atoms with E-state index in [-0.39, 0.29) is 0 Å². The molecule has 0 saturated carbocycles. The van der Waals surface area contributed by atoms with Crippen LogP contribution in [-0.2, 0) is 0 Å². The third-order valence-corrected chi connectivity index (χ3v) is 3.97. The summed E-state index contributed by atoms with van der Waals surface area (Å²) in [5, 5.41) is 0. The number of hydrogen-bond donors (Lipinski definition) is 1. The highest BCUT2D eigenvalue weighted by Crippen LogP contribution is 2.36. The molecule has 2 rings (SSSR count). The first-order valence-corrected chi connectivity index (χ1v) is 6.62. The Balaban J connectivity index is 2.33. The largest absolute Gasteiger partial charge is 0.330 e. The van der Waals surface area contributed by atoms with Gasteiger partial charge in [-0.05, 0) is 62.5 Å². The summed E-state index contributed by atoms with van der Waals surface area (Å²) in [5.41, 5.74) is 8.65. The Morgan fingerprint density at radius 2 is 2.35 bits per heavy atom. The summed E-state index contributed by atoms with van der Waals surface area (Å²) < 4.78 is 0. The van der Waals surface area contributed by atoms with Crippen LogP contribution in [0.3, 0.4) is 0 Å². The average Bonchev–Trinajstić information content (AvgIpc) is 2.38. The second kappa shape index (κ2) is 5.61. The molecular formula is C14H23N3. The fourth-order valence-electron chi connectivity index (χ4n) is 2.99. The normalized spacial score (nSPS) is 26.1. The summed E-state index contributed by atoms with van der Waals surface area (Å²) in [7, 11) is 0. The van der Waals surface area contributed by atoms with Gasteiger partial charge >= 0.3 is 0 Å². The molecule has 1 fully saturated rings. The van der Waals surface area contributed by atoms with Crippen molar-refractivity contribution in [2.45, 2.75) is 32.7 Å². The highest BCUT2D eigenvalue weighted by molar-refractivity contribution is 5.26. The van der Waals surface area contributed by atoms with Crippen molar-refractivity contribution in [3.8, 4) is 0 Å². The van der Waals surface area contributed by atoms with Gasteiger partial charge in [-0.3, -0.25) is 9.88 Å². The zero-order valence-electron chi connectivity index (χ0n) is 10.9. The summed E-state index contributed by atoms with van der Waals surface area (Å²) in [6.07, 6.45) is 6.41. The van der Waals surface area contributed by atoms with Crippen LogP contribution in [0.4, 0.5) is 0 Å². The van der Waals surface area contributed by atoms with Crippen LogP contribution in [-0.4, -0.2) is 29.5 Å². The first kappa shape index (κ1) is 12.5. The van der Waals surface area contributed by atoms with E-state index in [1.807, 2.05) is 12.4 Å². The molecule has 0 spiro atoms. The molecule has 1 saturated heterocycles. The van der Waals surface area contributed by atoms with Crippen LogP contribution >= 0.6 is 0 Å². The van der Waals surface area contributed by atoms with Gasteiger partial charge in [-0.2, -0.15) is 0 Å². The third kappa shape index (κ3) is 2.50. The maximum Gasteiger partial charge on any atom is 0.0406 e. The van der Waals surface area contributed by atoms with Gasteiger partial charge in [0.2, 0.25) is 0 Å². The van der Waals surface area contributed by atoms with Crippen molar-refractivity contribution < 1.29 is 0 Å². The average molecular weight is 233 g/mol. The molecule has 0 amide bonds. The van der Waals surface area contributed by atoms with E-state index in [9.17, 15) is 0 Å². The Bertz CT molecular complexity index is 352. The Hall–Kier alpha value is -0.930. The standard InChI is InChI=1S/C14H23N3/c1-3-17-8-4-5-12(9-15)14(17)13-10-16-7-6-11(13)2/h6-7,10,12,14H,3-5,8-9,15H2,1-2H3. The zero-order valence-corrected chi connectivity index (χ0v) is 10.9. The van der Waals surface area contributed by atoms with E-state index >= 15 is 0 Å². The first-order valence-electron chi connectivity index (χ1n) is 6.62. The number of nitrogens with two attached hydrogens (primary N) is 1. The molecule has 3 nitrogen and oxygen atoms in total. The number of aromatic nitrogens is 1. The van der Waals surface area contributed by atoms with Crippen LogP contribution in [0.5, 0.6) is 0 Å². The van der Waals surface area contributed by atoms with E-state index < -0.39 is 0 Å². The third-order valence-electron chi connectivity index (χ3n) is 3.97. The first-order chi connectivity index (χ1) is 8.27. The van der Waals surface area contributed by atoms with Crippen molar-refractivity contribution in [2.24, 2.45) is 11.7 Å². The molecule has 2 heterocycles. The topological polar surface area (TPSA) is 42.1 Å². The molecule has 0 aliphatic carbocycles. The van der Waals surface area contributed by atoms with Gasteiger partial charge in [0, 0.05) is 18.4 Å². The van der Waals surface area contributed by atoms with Gasteiger partial charge in [0.25, 0.3) is 0 Å². The Labute approximate surface area is 104 Å². The van der Waals surface area contributed by atoms with Crippen molar-refractivity contribution in [1.82, 2.24) is 9.88 Å². The minimum absolute atomic E-state index is 0.465. The molecular weight excluding hydrogens is 210 g/mol. The van der Waals surface area contributed by atoms with E-state index in [1.54, 1.807) is 0 Å². The zero-order chi connectivity index (χ0) is 12.3. The SMILES string of the molecule is CCN1CCCC(CN)C1c1cnccc1C. The highest BCUT2D eigenvalue weighted by Gasteiger charge is 2.31. The maximum absolute atomic E-state index is 5.95. The summed E-state index contributed by atoms with van der Waals surface area (Å²) in [6, 6.07) is 2.57. The number of nitrogens with zero attached hydrogens (tertiary/aromatic N) is 2. The smallest absolute Gasteiger partial charge is 0.0406 e. The van der Waals surface area contributed by atoms with Crippen LogP contribution < -0.4 is 5.73 Å². The second-order valence-corrected chi connectivity index (χ2v) is 4.94. The van der Waals surface area contributed by atoms with Crippen LogP contribution in [0.1, 0.15) is 36.9 Å². The predicted molar refractivity (Wildman–Crippen MR) is 70.7 cm³/mol. The van der Waals surface area contributed by atoms with Crippen LogP contribution in [0.25, 0.3) is 0 Å². The van der Waals surface area contributed by atoms with Gasteiger partial charge in [-0.1, -0.05) is 6.92 Å². The van der Waals surface area contributed by atoms with Crippen molar-refractivity contribution in [3.63, 3.8) is 0 Å². The molecule has 2 N–H and O–H groups in total. The van der Waals surface area contributed by atoms with Gasteiger partial charge in [0.15, 0.2) is 0 Å². The van der Waals surface area contributed by atoms with E-state index in [0.717, 1.165) is 13.1 Å². The lowest BCUT2D eigenvalue weighted by atomic mass is 9.84. The molecule has 1 aliphatic heterocycles. The summed E-state index contributed by atoms with van der Waals surface area (Å²) >= 11 is 0. The fraction of sp³-hybridized carbons (Fsp3) is 0.643. The molecule has 1 aliphatic rings. The Kier molecular flexibility index (Phi) is 4.13. The van der Waals surface area contributed by atoms with E-state index in [2.05, 4.69) is 29.8 Å². The van der Waals surface area contributed by atoms with Crippen molar-refractivity contribution >= 4 is 0 Å². The molecule has 2 atom stereocenters. The van der Waals surface area contributed by atoms with Crippen LogP contribution in [0.15, 0.2) is 18.5 Å². The van der Waals surface area contributed by atoms with Gasteiger partial charge < -0.3 is 5.73 Å². The lowest BCUT2D eigenvalue weighted by Gasteiger charge is -2.41. The van der Waals surface area contributed by atoms with Gasteiger partial charge in [-0.25, -0.2) is 0 Å². The fourth-order valence-corrected chi connectivity index (χ4v) is 2.99. The predicted octanol–water partition coefficient (Wildman–Crippen LogP) is 2.12. The molecule has 0 radical (unpaired) electrons. The minimum atomic E-state index is 0.465. The molecule has 0 aromatic carbocycles. The number of pyridine rings is 1. The number of rotatable bonds is 3. The summed E-state index contributed by atoms with van der Waals surface area (Å²) in [5.74, 6) is 0.576. The van der Waals surface area contributed by atoms with Crippen molar-refractivity contribution in [2.75, 3.05) is 19.6 Å². The van der Waals surface area contributed by atoms with Crippen LogP contribution in [0.2, 0.25) is 0 Å². The number of likely N-dealkylation sites (tertiary alicyclic amines) is 1. The maximum atomic E-state index is 5.95. The molecule has 94 valence electrons. The number of hydrogen-bond acceptors (Lipinski definition) is 3. The van der Waals surface area contributed by atoms with Gasteiger partial charge in [0.1, 0.15) is 0 Å². The molecule has 1 aromatic rings. The lowest BCUT2D eigenvalue weighted by molar-refractivity contribution is 0.101. The van der Waals surface area contributed by atoms with Crippen LogP contribution in [0, 0.1) is 12.8 Å². The number of aryl methyl sites for hydroxylation is 1. The molecule has 2 unspecified atom stereocenters. The second-order valence-electron chi connectivity index (χ2n) is 4.94.